The average molecular weight is 502 g/mol. The standard InChI is InChI=1S/C29H35N5O3/c1-7-37-22-12-13-24(26(18-22)36-6)34-20(3)27-19(2)30-31-29(28(27)21(34)4)33-16-14-32(15-17-33)23-10-8-9-11-25(23)35-5/h8-13,18H,7,14-17H2,1-6H3. The predicted octanol–water partition coefficient (Wildman–Crippen LogP) is 5.09. The van der Waals surface area contributed by atoms with Gasteiger partial charge in [0.2, 0.25) is 0 Å². The second-order valence-corrected chi connectivity index (χ2v) is 9.28. The molecule has 4 aromatic rings. The van der Waals surface area contributed by atoms with E-state index < -0.39 is 0 Å². The zero-order valence-corrected chi connectivity index (χ0v) is 22.5. The lowest BCUT2D eigenvalue weighted by molar-refractivity contribution is 0.336. The first kappa shape index (κ1) is 24.7. The molecule has 1 aliphatic heterocycles. The van der Waals surface area contributed by atoms with Gasteiger partial charge in [0, 0.05) is 54.4 Å². The van der Waals surface area contributed by atoms with Gasteiger partial charge < -0.3 is 28.6 Å². The molecule has 0 spiro atoms. The molecule has 0 N–H and O–H groups in total. The number of benzene rings is 2. The first-order valence-corrected chi connectivity index (χ1v) is 12.8. The van der Waals surface area contributed by atoms with Crippen LogP contribution in [0.1, 0.15) is 24.0 Å². The van der Waals surface area contributed by atoms with E-state index in [9.17, 15) is 0 Å². The summed E-state index contributed by atoms with van der Waals surface area (Å²) in [5.41, 5.74) is 5.27. The Kier molecular flexibility index (Phi) is 6.82. The summed E-state index contributed by atoms with van der Waals surface area (Å²) in [6.45, 7) is 12.4. The molecule has 1 saturated heterocycles. The number of aryl methyl sites for hydroxylation is 3. The first-order chi connectivity index (χ1) is 18.0. The highest BCUT2D eigenvalue weighted by molar-refractivity contribution is 5.99. The van der Waals surface area contributed by atoms with Gasteiger partial charge in [-0.3, -0.25) is 0 Å². The second kappa shape index (κ2) is 10.2. The van der Waals surface area contributed by atoms with Gasteiger partial charge in [0.15, 0.2) is 5.82 Å². The lowest BCUT2D eigenvalue weighted by atomic mass is 10.1. The van der Waals surface area contributed by atoms with E-state index >= 15 is 0 Å². The van der Waals surface area contributed by atoms with Crippen LogP contribution in [-0.2, 0) is 0 Å². The third-order valence-corrected chi connectivity index (χ3v) is 7.23. The number of rotatable bonds is 7. The van der Waals surface area contributed by atoms with Crippen LogP contribution in [-0.4, -0.2) is 61.8 Å². The molecule has 1 aliphatic rings. The van der Waals surface area contributed by atoms with Crippen molar-refractivity contribution in [3.05, 3.63) is 59.5 Å². The molecule has 8 nitrogen and oxygen atoms in total. The smallest absolute Gasteiger partial charge is 0.161 e. The van der Waals surface area contributed by atoms with E-state index in [2.05, 4.69) is 51.5 Å². The molecule has 2 aromatic heterocycles. The Morgan fingerprint density at radius 3 is 2.14 bits per heavy atom. The van der Waals surface area contributed by atoms with Gasteiger partial charge >= 0.3 is 0 Å². The number of ether oxygens (including phenoxy) is 3. The van der Waals surface area contributed by atoms with Crippen LogP contribution in [0.25, 0.3) is 16.5 Å². The van der Waals surface area contributed by atoms with Crippen molar-refractivity contribution in [2.75, 3.05) is 56.8 Å². The number of anilines is 2. The van der Waals surface area contributed by atoms with Crippen LogP contribution in [0, 0.1) is 20.8 Å². The largest absolute Gasteiger partial charge is 0.495 e. The number of aromatic nitrogens is 3. The maximum absolute atomic E-state index is 5.78. The number of piperazine rings is 1. The zero-order valence-electron chi connectivity index (χ0n) is 22.5. The van der Waals surface area contributed by atoms with Gasteiger partial charge in [-0.25, -0.2) is 0 Å². The van der Waals surface area contributed by atoms with Crippen LogP contribution < -0.4 is 24.0 Å². The zero-order chi connectivity index (χ0) is 26.1. The van der Waals surface area contributed by atoms with Crippen molar-refractivity contribution in [1.29, 1.82) is 0 Å². The van der Waals surface area contributed by atoms with Gasteiger partial charge in [0.05, 0.1) is 37.9 Å². The van der Waals surface area contributed by atoms with Crippen LogP contribution >= 0.6 is 0 Å². The lowest BCUT2D eigenvalue weighted by Crippen LogP contribution is -2.47. The highest BCUT2D eigenvalue weighted by Gasteiger charge is 2.26. The molecule has 5 rings (SSSR count). The summed E-state index contributed by atoms with van der Waals surface area (Å²) in [6.07, 6.45) is 0. The minimum atomic E-state index is 0.609. The summed E-state index contributed by atoms with van der Waals surface area (Å²) in [4.78, 5) is 4.73. The van der Waals surface area contributed by atoms with E-state index in [0.29, 0.717) is 6.61 Å². The number of hydrogen-bond acceptors (Lipinski definition) is 7. The van der Waals surface area contributed by atoms with E-state index in [1.807, 2.05) is 38.1 Å². The lowest BCUT2D eigenvalue weighted by Gasteiger charge is -2.37. The van der Waals surface area contributed by atoms with Crippen LogP contribution in [0.4, 0.5) is 11.5 Å². The van der Waals surface area contributed by atoms with Crippen LogP contribution in [0.15, 0.2) is 42.5 Å². The first-order valence-electron chi connectivity index (χ1n) is 12.8. The summed E-state index contributed by atoms with van der Waals surface area (Å²) in [5, 5.41) is 11.6. The number of nitrogens with zero attached hydrogens (tertiary/aromatic N) is 5. The van der Waals surface area contributed by atoms with E-state index in [-0.39, 0.29) is 0 Å². The fraction of sp³-hybridized carbons (Fsp3) is 0.379. The quantitative estimate of drug-likeness (QED) is 0.350. The maximum atomic E-state index is 5.78. The van der Waals surface area contributed by atoms with E-state index in [1.165, 1.54) is 0 Å². The van der Waals surface area contributed by atoms with Gasteiger partial charge in [-0.2, -0.15) is 5.10 Å². The highest BCUT2D eigenvalue weighted by Crippen LogP contribution is 2.39. The fourth-order valence-corrected chi connectivity index (χ4v) is 5.51. The van der Waals surface area contributed by atoms with Crippen molar-refractivity contribution in [3.8, 4) is 22.9 Å². The average Bonchev–Trinajstić information content (AvgIpc) is 3.19. The Hall–Kier alpha value is -3.94. The fourth-order valence-electron chi connectivity index (χ4n) is 5.51. The van der Waals surface area contributed by atoms with Crippen molar-refractivity contribution in [2.24, 2.45) is 0 Å². The molecule has 0 amide bonds. The minimum absolute atomic E-state index is 0.609. The molecule has 2 aromatic carbocycles. The molecule has 1 fully saturated rings. The molecule has 0 unspecified atom stereocenters. The number of methoxy groups -OCH3 is 2. The molecule has 0 radical (unpaired) electrons. The highest BCUT2D eigenvalue weighted by atomic mass is 16.5. The van der Waals surface area contributed by atoms with E-state index in [4.69, 9.17) is 19.3 Å². The molecule has 0 saturated carbocycles. The van der Waals surface area contributed by atoms with Gasteiger partial charge in [-0.15, -0.1) is 5.10 Å². The normalized spacial score (nSPS) is 13.8. The summed E-state index contributed by atoms with van der Waals surface area (Å²) in [5.74, 6) is 3.40. The molecule has 0 aliphatic carbocycles. The van der Waals surface area contributed by atoms with Gasteiger partial charge in [0.1, 0.15) is 17.2 Å². The van der Waals surface area contributed by atoms with Crippen molar-refractivity contribution in [3.63, 3.8) is 0 Å². The Labute approximate surface area is 218 Å². The summed E-state index contributed by atoms with van der Waals surface area (Å²) in [6, 6.07) is 14.2. The molecular weight excluding hydrogens is 466 g/mol. The number of para-hydroxylation sites is 2. The summed E-state index contributed by atoms with van der Waals surface area (Å²) in [7, 11) is 3.42. The van der Waals surface area contributed by atoms with Gasteiger partial charge in [0.25, 0.3) is 0 Å². The molecule has 8 heteroatoms. The SMILES string of the molecule is CCOc1ccc(-n2c(C)c3c(C)nnc(N4CCN(c5ccccc5OC)CC4)c3c2C)c(OC)c1. The van der Waals surface area contributed by atoms with E-state index in [1.54, 1.807) is 14.2 Å². The van der Waals surface area contributed by atoms with Gasteiger partial charge in [-0.1, -0.05) is 12.1 Å². The van der Waals surface area contributed by atoms with Crippen molar-refractivity contribution >= 4 is 22.3 Å². The Bertz CT molecular complexity index is 1420. The minimum Gasteiger partial charge on any atom is -0.495 e. The topological polar surface area (TPSA) is 64.9 Å². The number of fused-ring (bicyclic) bond motifs is 1. The number of hydrogen-bond donors (Lipinski definition) is 0. The monoisotopic (exact) mass is 501 g/mol. The van der Waals surface area contributed by atoms with Crippen LogP contribution in [0.3, 0.4) is 0 Å². The molecule has 194 valence electrons. The maximum Gasteiger partial charge on any atom is 0.161 e. The Balaban J connectivity index is 1.53. The third kappa shape index (κ3) is 4.30. The second-order valence-electron chi connectivity index (χ2n) is 9.28. The third-order valence-electron chi connectivity index (χ3n) is 7.23. The van der Waals surface area contributed by atoms with Crippen LogP contribution in [0.2, 0.25) is 0 Å². The Morgan fingerprint density at radius 2 is 1.43 bits per heavy atom. The molecular formula is C29H35N5O3. The van der Waals surface area contributed by atoms with Gasteiger partial charge in [-0.05, 0) is 52.0 Å². The summed E-state index contributed by atoms with van der Waals surface area (Å²) >= 11 is 0. The predicted molar refractivity (Wildman–Crippen MR) is 148 cm³/mol. The Morgan fingerprint density at radius 1 is 0.757 bits per heavy atom. The molecule has 0 bridgehead atoms. The van der Waals surface area contributed by atoms with Crippen molar-refractivity contribution in [2.45, 2.75) is 27.7 Å². The van der Waals surface area contributed by atoms with Crippen molar-refractivity contribution in [1.82, 2.24) is 14.8 Å². The molecule has 0 atom stereocenters. The van der Waals surface area contributed by atoms with E-state index in [0.717, 1.165) is 88.5 Å². The molecule has 37 heavy (non-hydrogen) atoms. The molecule has 3 heterocycles. The summed E-state index contributed by atoms with van der Waals surface area (Å²) < 4.78 is 19.3. The van der Waals surface area contributed by atoms with Crippen LogP contribution in [0.5, 0.6) is 17.2 Å². The van der Waals surface area contributed by atoms with Crippen molar-refractivity contribution < 1.29 is 14.2 Å².